The molecule has 0 saturated heterocycles. The van der Waals surface area contributed by atoms with Crippen LogP contribution in [0.15, 0.2) is 48.8 Å². The minimum atomic E-state index is -0.177. The lowest BCUT2D eigenvalue weighted by atomic mass is 10.2. The van der Waals surface area contributed by atoms with Gasteiger partial charge in [0.25, 0.3) is 0 Å². The van der Waals surface area contributed by atoms with Crippen LogP contribution in [0.3, 0.4) is 0 Å². The Morgan fingerprint density at radius 3 is 2.89 bits per heavy atom. The Balaban J connectivity index is 2.06. The van der Waals surface area contributed by atoms with Crippen LogP contribution >= 0.6 is 0 Å². The number of nitrogens with zero attached hydrogens (tertiary/aromatic N) is 2. The normalized spacial score (nSPS) is 11.0. The predicted molar refractivity (Wildman–Crippen MR) is 70.0 cm³/mol. The average Bonchev–Trinajstić information content (AvgIpc) is 2.77. The molecule has 0 atom stereocenters. The summed E-state index contributed by atoms with van der Waals surface area (Å²) in [5.74, 6) is -0.177. The molecule has 0 unspecified atom stereocenters. The molecule has 0 aliphatic heterocycles. The van der Waals surface area contributed by atoms with Crippen LogP contribution < -0.4 is 0 Å². The van der Waals surface area contributed by atoms with Gasteiger partial charge in [0, 0.05) is 17.8 Å². The second kappa shape index (κ2) is 4.26. The topological polar surface area (TPSA) is 17.8 Å². The van der Waals surface area contributed by atoms with Gasteiger partial charge in [-0.1, -0.05) is 12.1 Å². The van der Waals surface area contributed by atoms with Crippen molar-refractivity contribution >= 4 is 10.9 Å². The first-order valence-corrected chi connectivity index (χ1v) is 5.89. The molecule has 2 aromatic heterocycles. The fourth-order valence-corrected chi connectivity index (χ4v) is 2.17. The van der Waals surface area contributed by atoms with Crippen LogP contribution in [0.4, 0.5) is 4.39 Å². The van der Waals surface area contributed by atoms with Crippen LogP contribution in [0.2, 0.25) is 0 Å². The van der Waals surface area contributed by atoms with E-state index >= 15 is 0 Å². The van der Waals surface area contributed by atoms with Gasteiger partial charge in [-0.25, -0.2) is 4.39 Å². The molecule has 90 valence electrons. The molecule has 0 aliphatic rings. The number of rotatable bonds is 2. The Bertz CT molecular complexity index is 701. The van der Waals surface area contributed by atoms with Crippen molar-refractivity contribution in [1.29, 1.82) is 0 Å². The zero-order valence-corrected chi connectivity index (χ0v) is 10.1. The Kier molecular flexibility index (Phi) is 2.59. The van der Waals surface area contributed by atoms with Crippen molar-refractivity contribution in [2.24, 2.45) is 0 Å². The Morgan fingerprint density at radius 1 is 1.17 bits per heavy atom. The second-order valence-electron chi connectivity index (χ2n) is 4.38. The van der Waals surface area contributed by atoms with Gasteiger partial charge < -0.3 is 4.57 Å². The van der Waals surface area contributed by atoms with Crippen molar-refractivity contribution in [3.8, 4) is 0 Å². The van der Waals surface area contributed by atoms with E-state index in [0.29, 0.717) is 11.9 Å². The number of benzene rings is 1. The van der Waals surface area contributed by atoms with Crippen molar-refractivity contribution in [2.45, 2.75) is 13.5 Å². The molecule has 0 saturated carbocycles. The van der Waals surface area contributed by atoms with E-state index in [1.54, 1.807) is 12.3 Å². The maximum Gasteiger partial charge on any atom is 0.132 e. The number of aryl methyl sites for hydroxylation is 1. The Labute approximate surface area is 105 Å². The van der Waals surface area contributed by atoms with Gasteiger partial charge in [0.1, 0.15) is 5.82 Å². The first-order chi connectivity index (χ1) is 8.75. The summed E-state index contributed by atoms with van der Waals surface area (Å²) in [6, 6.07) is 10.9. The smallest absolute Gasteiger partial charge is 0.132 e. The van der Waals surface area contributed by atoms with Crippen LogP contribution in [0, 0.1) is 12.7 Å². The third-order valence-electron chi connectivity index (χ3n) is 3.20. The molecule has 18 heavy (non-hydrogen) atoms. The van der Waals surface area contributed by atoms with Crippen molar-refractivity contribution in [3.63, 3.8) is 0 Å². The monoisotopic (exact) mass is 240 g/mol. The van der Waals surface area contributed by atoms with E-state index in [0.717, 1.165) is 16.8 Å². The minimum absolute atomic E-state index is 0.177. The quantitative estimate of drug-likeness (QED) is 0.670. The number of pyridine rings is 1. The average molecular weight is 240 g/mol. The van der Waals surface area contributed by atoms with Crippen LogP contribution in [0.25, 0.3) is 10.9 Å². The molecule has 0 spiro atoms. The number of aromatic nitrogens is 2. The molecule has 2 nitrogen and oxygen atoms in total. The maximum absolute atomic E-state index is 13.6. The summed E-state index contributed by atoms with van der Waals surface area (Å²) < 4.78 is 15.6. The molecular weight excluding hydrogens is 227 g/mol. The highest BCUT2D eigenvalue weighted by molar-refractivity contribution is 5.80. The third-order valence-corrected chi connectivity index (χ3v) is 3.20. The van der Waals surface area contributed by atoms with Crippen LogP contribution in [-0.4, -0.2) is 9.55 Å². The standard InChI is InChI=1S/C15H13FN2/c1-11-4-3-8-17-14(11)10-18-9-7-12-13(16)5-2-6-15(12)18/h2-9H,10H2,1H3. The van der Waals surface area contributed by atoms with Crippen molar-refractivity contribution in [3.05, 3.63) is 65.9 Å². The molecule has 0 radical (unpaired) electrons. The summed E-state index contributed by atoms with van der Waals surface area (Å²) in [7, 11) is 0. The Morgan fingerprint density at radius 2 is 2.06 bits per heavy atom. The molecule has 0 bridgehead atoms. The first kappa shape index (κ1) is 11.0. The molecule has 3 aromatic rings. The SMILES string of the molecule is Cc1cccnc1Cn1ccc2c(F)cccc21. The van der Waals surface area contributed by atoms with E-state index in [4.69, 9.17) is 0 Å². The fraction of sp³-hybridized carbons (Fsp3) is 0.133. The highest BCUT2D eigenvalue weighted by Crippen LogP contribution is 2.20. The van der Waals surface area contributed by atoms with E-state index < -0.39 is 0 Å². The first-order valence-electron chi connectivity index (χ1n) is 5.89. The molecule has 3 heteroatoms. The summed E-state index contributed by atoms with van der Waals surface area (Å²) in [6.45, 7) is 2.70. The largest absolute Gasteiger partial charge is 0.341 e. The summed E-state index contributed by atoms with van der Waals surface area (Å²) in [4.78, 5) is 4.37. The molecule has 2 heterocycles. The summed E-state index contributed by atoms with van der Waals surface area (Å²) in [5.41, 5.74) is 3.06. The van der Waals surface area contributed by atoms with Crippen molar-refractivity contribution in [1.82, 2.24) is 9.55 Å². The van der Waals surface area contributed by atoms with E-state index in [2.05, 4.69) is 4.98 Å². The summed E-state index contributed by atoms with van der Waals surface area (Å²) >= 11 is 0. The molecule has 0 N–H and O–H groups in total. The van der Waals surface area contributed by atoms with Gasteiger partial charge in [-0.15, -0.1) is 0 Å². The van der Waals surface area contributed by atoms with Crippen molar-refractivity contribution < 1.29 is 4.39 Å². The van der Waals surface area contributed by atoms with E-state index in [1.807, 2.05) is 42.0 Å². The zero-order chi connectivity index (χ0) is 12.5. The highest BCUT2D eigenvalue weighted by atomic mass is 19.1. The maximum atomic E-state index is 13.6. The molecule has 3 rings (SSSR count). The fourth-order valence-electron chi connectivity index (χ4n) is 2.17. The van der Waals surface area contributed by atoms with Gasteiger partial charge in [-0.3, -0.25) is 4.98 Å². The lowest BCUT2D eigenvalue weighted by Crippen LogP contribution is -2.02. The van der Waals surface area contributed by atoms with Gasteiger partial charge in [-0.2, -0.15) is 0 Å². The predicted octanol–water partition coefficient (Wildman–Crippen LogP) is 3.53. The number of fused-ring (bicyclic) bond motifs is 1. The van der Waals surface area contributed by atoms with E-state index in [9.17, 15) is 4.39 Å². The number of halogens is 1. The Hall–Kier alpha value is -2.16. The zero-order valence-electron chi connectivity index (χ0n) is 10.1. The van der Waals surface area contributed by atoms with Crippen LogP contribution in [0.1, 0.15) is 11.3 Å². The number of hydrogen-bond donors (Lipinski definition) is 0. The van der Waals surface area contributed by atoms with E-state index in [1.165, 1.54) is 6.07 Å². The molecular formula is C15H13FN2. The minimum Gasteiger partial charge on any atom is -0.341 e. The van der Waals surface area contributed by atoms with Gasteiger partial charge in [0.05, 0.1) is 17.8 Å². The molecule has 0 amide bonds. The molecule has 0 fully saturated rings. The summed E-state index contributed by atoms with van der Waals surface area (Å²) in [5, 5.41) is 0.658. The van der Waals surface area contributed by atoms with Crippen LogP contribution in [0.5, 0.6) is 0 Å². The molecule has 1 aromatic carbocycles. The summed E-state index contributed by atoms with van der Waals surface area (Å²) in [6.07, 6.45) is 3.69. The van der Waals surface area contributed by atoms with E-state index in [-0.39, 0.29) is 5.82 Å². The highest BCUT2D eigenvalue weighted by Gasteiger charge is 2.06. The lowest BCUT2D eigenvalue weighted by molar-refractivity contribution is 0.639. The van der Waals surface area contributed by atoms with Crippen LogP contribution in [-0.2, 0) is 6.54 Å². The van der Waals surface area contributed by atoms with Gasteiger partial charge in [0.2, 0.25) is 0 Å². The molecule has 0 aliphatic carbocycles. The lowest BCUT2D eigenvalue weighted by Gasteiger charge is -2.07. The van der Waals surface area contributed by atoms with Gasteiger partial charge in [0.15, 0.2) is 0 Å². The van der Waals surface area contributed by atoms with Gasteiger partial charge in [-0.05, 0) is 36.8 Å². The van der Waals surface area contributed by atoms with Gasteiger partial charge >= 0.3 is 0 Å². The van der Waals surface area contributed by atoms with Crippen molar-refractivity contribution in [2.75, 3.05) is 0 Å². The third kappa shape index (κ3) is 1.78. The number of hydrogen-bond acceptors (Lipinski definition) is 1. The second-order valence-corrected chi connectivity index (χ2v) is 4.38.